The number of piperidine rings is 1. The van der Waals surface area contributed by atoms with Crippen LogP contribution in [0.2, 0.25) is 0 Å². The third kappa shape index (κ3) is 3.55. The zero-order valence-corrected chi connectivity index (χ0v) is 11.1. The van der Waals surface area contributed by atoms with Gasteiger partial charge in [-0.25, -0.2) is 0 Å². The Morgan fingerprint density at radius 2 is 2.06 bits per heavy atom. The van der Waals surface area contributed by atoms with E-state index in [4.69, 9.17) is 0 Å². The van der Waals surface area contributed by atoms with Crippen molar-refractivity contribution in [2.45, 2.75) is 38.8 Å². The van der Waals surface area contributed by atoms with Crippen LogP contribution in [0.3, 0.4) is 0 Å². The molecule has 1 fully saturated rings. The molecule has 1 aromatic rings. The number of hydrogen-bond donors (Lipinski definition) is 1. The first kappa shape index (κ1) is 12.6. The van der Waals surface area contributed by atoms with E-state index in [0.717, 1.165) is 19.6 Å². The van der Waals surface area contributed by atoms with E-state index in [0.29, 0.717) is 5.54 Å². The first-order valence-corrected chi connectivity index (χ1v) is 6.73. The molecule has 94 valence electrons. The zero-order chi connectivity index (χ0) is 12.1. The molecule has 1 aromatic carbocycles. The van der Waals surface area contributed by atoms with Crippen LogP contribution in [-0.2, 0) is 6.54 Å². The summed E-state index contributed by atoms with van der Waals surface area (Å²) in [5.41, 5.74) is 1.73. The lowest BCUT2D eigenvalue weighted by atomic mass is 9.91. The summed E-state index contributed by atoms with van der Waals surface area (Å²) in [6.07, 6.45) is 2.60. The zero-order valence-electron chi connectivity index (χ0n) is 11.1. The molecule has 1 atom stereocenters. The predicted molar refractivity (Wildman–Crippen MR) is 73.0 cm³/mol. The van der Waals surface area contributed by atoms with E-state index in [2.05, 4.69) is 54.4 Å². The molecule has 0 saturated carbocycles. The van der Waals surface area contributed by atoms with Crippen LogP contribution < -0.4 is 5.32 Å². The van der Waals surface area contributed by atoms with Crippen molar-refractivity contribution in [2.75, 3.05) is 19.6 Å². The molecule has 0 aromatic heterocycles. The monoisotopic (exact) mass is 232 g/mol. The first-order valence-electron chi connectivity index (χ1n) is 6.73. The fourth-order valence-electron chi connectivity index (χ4n) is 2.89. The Balaban J connectivity index is 1.94. The molecule has 1 N–H and O–H groups in total. The molecule has 17 heavy (non-hydrogen) atoms. The van der Waals surface area contributed by atoms with Gasteiger partial charge in [0.25, 0.3) is 0 Å². The minimum Gasteiger partial charge on any atom is -0.311 e. The number of hydrogen-bond acceptors (Lipinski definition) is 2. The van der Waals surface area contributed by atoms with Crippen LogP contribution >= 0.6 is 0 Å². The Hall–Kier alpha value is -0.860. The molecule has 2 nitrogen and oxygen atoms in total. The quantitative estimate of drug-likeness (QED) is 0.858. The van der Waals surface area contributed by atoms with E-state index in [9.17, 15) is 0 Å². The van der Waals surface area contributed by atoms with Gasteiger partial charge in [-0.3, -0.25) is 4.90 Å². The van der Waals surface area contributed by atoms with Crippen LogP contribution in [-0.4, -0.2) is 30.1 Å². The summed E-state index contributed by atoms with van der Waals surface area (Å²) in [7, 11) is 0. The van der Waals surface area contributed by atoms with Gasteiger partial charge in [-0.1, -0.05) is 37.3 Å². The van der Waals surface area contributed by atoms with Crippen molar-refractivity contribution in [2.24, 2.45) is 0 Å². The summed E-state index contributed by atoms with van der Waals surface area (Å²) >= 11 is 0. The van der Waals surface area contributed by atoms with Gasteiger partial charge < -0.3 is 5.32 Å². The van der Waals surface area contributed by atoms with Crippen LogP contribution in [0.1, 0.15) is 32.3 Å². The van der Waals surface area contributed by atoms with Crippen LogP contribution in [0.25, 0.3) is 0 Å². The largest absolute Gasteiger partial charge is 0.311 e. The van der Waals surface area contributed by atoms with Crippen molar-refractivity contribution in [3.05, 3.63) is 35.9 Å². The SMILES string of the molecule is CCNC1(C)CCCN(Cc2ccccc2)C1. The molecular weight excluding hydrogens is 208 g/mol. The third-order valence-corrected chi connectivity index (χ3v) is 3.63. The minimum atomic E-state index is 0.307. The molecule has 1 unspecified atom stereocenters. The first-order chi connectivity index (χ1) is 8.22. The number of nitrogens with zero attached hydrogens (tertiary/aromatic N) is 1. The van der Waals surface area contributed by atoms with Crippen LogP contribution in [0.15, 0.2) is 30.3 Å². The molecule has 1 aliphatic heterocycles. The predicted octanol–water partition coefficient (Wildman–Crippen LogP) is 2.65. The fraction of sp³-hybridized carbons (Fsp3) is 0.600. The van der Waals surface area contributed by atoms with Crippen molar-refractivity contribution in [1.82, 2.24) is 10.2 Å². The molecule has 1 heterocycles. The summed E-state index contributed by atoms with van der Waals surface area (Å²) in [5, 5.41) is 3.63. The van der Waals surface area contributed by atoms with E-state index >= 15 is 0 Å². The maximum atomic E-state index is 3.63. The molecule has 2 rings (SSSR count). The lowest BCUT2D eigenvalue weighted by Gasteiger charge is -2.41. The van der Waals surface area contributed by atoms with Gasteiger partial charge in [-0.05, 0) is 38.4 Å². The highest BCUT2D eigenvalue weighted by Gasteiger charge is 2.29. The highest BCUT2D eigenvalue weighted by Crippen LogP contribution is 2.21. The number of rotatable bonds is 4. The summed E-state index contributed by atoms with van der Waals surface area (Å²) < 4.78 is 0. The van der Waals surface area contributed by atoms with E-state index in [1.807, 2.05) is 0 Å². The molecule has 0 radical (unpaired) electrons. The van der Waals surface area contributed by atoms with Crippen LogP contribution in [0, 0.1) is 0 Å². The normalized spacial score (nSPS) is 26.0. The Bertz CT molecular complexity index is 332. The summed E-state index contributed by atoms with van der Waals surface area (Å²) in [6, 6.07) is 10.8. The van der Waals surface area contributed by atoms with Gasteiger partial charge in [0.05, 0.1) is 0 Å². The molecule has 0 aliphatic carbocycles. The second-order valence-electron chi connectivity index (χ2n) is 5.39. The van der Waals surface area contributed by atoms with Gasteiger partial charge in [-0.15, -0.1) is 0 Å². The number of likely N-dealkylation sites (tertiary alicyclic amines) is 1. The third-order valence-electron chi connectivity index (χ3n) is 3.63. The van der Waals surface area contributed by atoms with Gasteiger partial charge in [0.15, 0.2) is 0 Å². The van der Waals surface area contributed by atoms with Crippen LogP contribution in [0.5, 0.6) is 0 Å². The minimum absolute atomic E-state index is 0.307. The summed E-state index contributed by atoms with van der Waals surface area (Å²) in [5.74, 6) is 0. The topological polar surface area (TPSA) is 15.3 Å². The molecule has 0 amide bonds. The Morgan fingerprint density at radius 1 is 1.29 bits per heavy atom. The van der Waals surface area contributed by atoms with Crippen molar-refractivity contribution in [3.63, 3.8) is 0 Å². The molecule has 0 bridgehead atoms. The standard InChI is InChI=1S/C15H24N2/c1-3-16-15(2)10-7-11-17(13-15)12-14-8-5-4-6-9-14/h4-6,8-9,16H,3,7,10-13H2,1-2H3. The van der Waals surface area contributed by atoms with Gasteiger partial charge in [0, 0.05) is 18.6 Å². The van der Waals surface area contributed by atoms with Crippen molar-refractivity contribution in [1.29, 1.82) is 0 Å². The second kappa shape index (κ2) is 5.65. The lowest BCUT2D eigenvalue weighted by Crippen LogP contribution is -2.54. The fourth-order valence-corrected chi connectivity index (χ4v) is 2.89. The smallest absolute Gasteiger partial charge is 0.0280 e. The lowest BCUT2D eigenvalue weighted by molar-refractivity contribution is 0.128. The number of benzene rings is 1. The maximum absolute atomic E-state index is 3.63. The van der Waals surface area contributed by atoms with Crippen molar-refractivity contribution in [3.8, 4) is 0 Å². The highest BCUT2D eigenvalue weighted by molar-refractivity contribution is 5.14. The Morgan fingerprint density at radius 3 is 2.76 bits per heavy atom. The van der Waals surface area contributed by atoms with Gasteiger partial charge in [-0.2, -0.15) is 0 Å². The average Bonchev–Trinajstić information content (AvgIpc) is 2.30. The van der Waals surface area contributed by atoms with Gasteiger partial charge in [0.2, 0.25) is 0 Å². The van der Waals surface area contributed by atoms with Crippen molar-refractivity contribution >= 4 is 0 Å². The number of nitrogens with one attached hydrogen (secondary N) is 1. The Labute approximate surface area is 105 Å². The molecular formula is C15H24N2. The highest BCUT2D eigenvalue weighted by atomic mass is 15.2. The summed E-state index contributed by atoms with van der Waals surface area (Å²) in [4.78, 5) is 2.57. The molecule has 1 aliphatic rings. The average molecular weight is 232 g/mol. The molecule has 0 spiro atoms. The van der Waals surface area contributed by atoms with Gasteiger partial charge >= 0.3 is 0 Å². The van der Waals surface area contributed by atoms with Gasteiger partial charge in [0.1, 0.15) is 0 Å². The van der Waals surface area contributed by atoms with Crippen LogP contribution in [0.4, 0.5) is 0 Å². The number of likely N-dealkylation sites (N-methyl/N-ethyl adjacent to an activating group) is 1. The van der Waals surface area contributed by atoms with E-state index in [1.54, 1.807) is 0 Å². The second-order valence-corrected chi connectivity index (χ2v) is 5.39. The molecule has 2 heteroatoms. The molecule has 1 saturated heterocycles. The van der Waals surface area contributed by atoms with E-state index in [-0.39, 0.29) is 0 Å². The Kier molecular flexibility index (Phi) is 4.19. The van der Waals surface area contributed by atoms with Crippen molar-refractivity contribution < 1.29 is 0 Å². The van der Waals surface area contributed by atoms with E-state index in [1.165, 1.54) is 24.9 Å². The maximum Gasteiger partial charge on any atom is 0.0280 e. The summed E-state index contributed by atoms with van der Waals surface area (Å²) in [6.45, 7) is 9.10. The van der Waals surface area contributed by atoms with E-state index < -0.39 is 0 Å².